The molecule has 0 bridgehead atoms. The highest BCUT2D eigenvalue weighted by Crippen LogP contribution is 2.66. The second-order valence-electron chi connectivity index (χ2n) is 12.5. The number of carbonyl (C=O) groups is 4. The van der Waals surface area contributed by atoms with Gasteiger partial charge in [-0.3, -0.25) is 19.2 Å². The first kappa shape index (κ1) is 31.6. The van der Waals surface area contributed by atoms with Crippen molar-refractivity contribution < 1.29 is 28.7 Å². The van der Waals surface area contributed by atoms with Gasteiger partial charge in [0.15, 0.2) is 9.75 Å². The summed E-state index contributed by atoms with van der Waals surface area (Å²) in [4.78, 5) is 54.8. The molecule has 1 N–H and O–H groups in total. The molecule has 4 amide bonds. The van der Waals surface area contributed by atoms with Gasteiger partial charge in [-0.25, -0.2) is 14.2 Å². The number of hydrogen-bond donors (Lipinski definition) is 1. The van der Waals surface area contributed by atoms with Crippen molar-refractivity contribution in [2.75, 3.05) is 9.80 Å². The van der Waals surface area contributed by atoms with Gasteiger partial charge in [0.05, 0.1) is 23.2 Å². The van der Waals surface area contributed by atoms with Crippen LogP contribution in [0.25, 0.3) is 0 Å². The molecule has 2 aliphatic heterocycles. The van der Waals surface area contributed by atoms with E-state index in [2.05, 4.69) is 6.58 Å². The average molecular weight is 694 g/mol. The van der Waals surface area contributed by atoms with Crippen molar-refractivity contribution in [2.24, 2.45) is 17.8 Å². The molecule has 0 radical (unpaired) electrons. The summed E-state index contributed by atoms with van der Waals surface area (Å²) < 4.78 is 13.9. The number of halogens is 4. The van der Waals surface area contributed by atoms with Crippen LogP contribution in [-0.2, 0) is 25.6 Å². The summed E-state index contributed by atoms with van der Waals surface area (Å²) >= 11 is 21.2. The van der Waals surface area contributed by atoms with Crippen molar-refractivity contribution in [1.29, 1.82) is 0 Å². The zero-order chi connectivity index (χ0) is 33.6. The zero-order valence-electron chi connectivity index (χ0n) is 25.1. The predicted molar refractivity (Wildman–Crippen MR) is 177 cm³/mol. The van der Waals surface area contributed by atoms with E-state index in [1.807, 2.05) is 6.92 Å². The Bertz CT molecular complexity index is 1950. The summed E-state index contributed by atoms with van der Waals surface area (Å²) in [5.41, 5.74) is 2.48. The normalized spacial score (nSPS) is 29.9. The molecule has 3 aromatic carbocycles. The molecule has 11 heteroatoms. The van der Waals surface area contributed by atoms with E-state index in [1.165, 1.54) is 12.1 Å². The molecule has 2 saturated heterocycles. The fourth-order valence-corrected chi connectivity index (χ4v) is 8.99. The van der Waals surface area contributed by atoms with Crippen molar-refractivity contribution in [3.63, 3.8) is 0 Å². The summed E-state index contributed by atoms with van der Waals surface area (Å²) in [6, 6.07) is 14.8. The van der Waals surface area contributed by atoms with Gasteiger partial charge < -0.3 is 5.11 Å². The Morgan fingerprint density at radius 3 is 2.34 bits per heavy atom. The van der Waals surface area contributed by atoms with Crippen LogP contribution in [0.15, 0.2) is 85.0 Å². The Morgan fingerprint density at radius 1 is 0.957 bits per heavy atom. The van der Waals surface area contributed by atoms with Crippen LogP contribution < -0.4 is 9.80 Å². The smallest absolute Gasteiger partial charge is 0.258 e. The Labute approximate surface area is 285 Å². The lowest BCUT2D eigenvalue weighted by molar-refractivity contribution is -0.125. The number of phenols is 1. The summed E-state index contributed by atoms with van der Waals surface area (Å²) in [7, 11) is 0. The molecule has 6 atom stereocenters. The van der Waals surface area contributed by atoms with Gasteiger partial charge in [0.25, 0.3) is 11.8 Å². The van der Waals surface area contributed by atoms with Crippen molar-refractivity contribution in [3.05, 3.63) is 112 Å². The minimum Gasteiger partial charge on any atom is -0.507 e. The molecule has 3 aromatic rings. The first-order valence-corrected chi connectivity index (χ1v) is 16.3. The number of aromatic hydroxyl groups is 1. The number of fused-ring (bicyclic) bond motifs is 4. The third-order valence-electron chi connectivity index (χ3n) is 10.1. The molecule has 2 heterocycles. The molecular weight excluding hydrogens is 666 g/mol. The highest BCUT2D eigenvalue weighted by atomic mass is 35.5. The lowest BCUT2D eigenvalue weighted by atomic mass is 9.56. The minimum atomic E-state index is -2.16. The van der Waals surface area contributed by atoms with Crippen LogP contribution in [0.4, 0.5) is 15.8 Å². The van der Waals surface area contributed by atoms with E-state index in [0.717, 1.165) is 27.5 Å². The van der Waals surface area contributed by atoms with E-state index in [0.29, 0.717) is 28.3 Å². The van der Waals surface area contributed by atoms with Crippen molar-refractivity contribution in [2.45, 2.75) is 41.9 Å². The average Bonchev–Trinajstić information content (AvgIpc) is 3.38. The standard InChI is InChI=1S/C36H28Cl3FN2O5/c1-3-5-19-6-4-7-25(30(19)43)29-23-14-15-24-28(32(45)41(31(24)44)22-11-8-18(2)27(37)16-22)26(23)17-35(38)33(46)42(34(47)36(29,35)39)21-12-9-20(40)10-13-21/h3-4,6-14,16,24,26,28-29,43H,1,5,15,17H2,2H3/t24-,26+,28-,29+,35+,36-/m0/s1. The van der Waals surface area contributed by atoms with Crippen LogP contribution in [0, 0.1) is 30.5 Å². The molecule has 1 saturated carbocycles. The largest absolute Gasteiger partial charge is 0.507 e. The summed E-state index contributed by atoms with van der Waals surface area (Å²) in [6.07, 6.45) is 3.64. The molecule has 240 valence electrons. The summed E-state index contributed by atoms with van der Waals surface area (Å²) in [5, 5.41) is 12.0. The Morgan fingerprint density at radius 2 is 1.66 bits per heavy atom. The van der Waals surface area contributed by atoms with E-state index in [-0.39, 0.29) is 29.8 Å². The molecule has 7 nitrogen and oxygen atoms in total. The zero-order valence-corrected chi connectivity index (χ0v) is 27.3. The van der Waals surface area contributed by atoms with Crippen LogP contribution in [-0.4, -0.2) is 38.5 Å². The molecule has 7 rings (SSSR count). The molecule has 0 aromatic heterocycles. The van der Waals surface area contributed by atoms with Gasteiger partial charge in [-0.2, -0.15) is 0 Å². The lowest BCUT2D eigenvalue weighted by Crippen LogP contribution is -2.60. The molecule has 0 spiro atoms. The highest BCUT2D eigenvalue weighted by molar-refractivity contribution is 6.58. The second-order valence-corrected chi connectivity index (χ2v) is 14.2. The van der Waals surface area contributed by atoms with Crippen LogP contribution >= 0.6 is 34.8 Å². The second kappa shape index (κ2) is 11.0. The number of para-hydroxylation sites is 1. The summed E-state index contributed by atoms with van der Waals surface area (Å²) in [5.74, 6) is -6.93. The lowest BCUT2D eigenvalue weighted by Gasteiger charge is -2.50. The van der Waals surface area contributed by atoms with Gasteiger partial charge in [-0.1, -0.05) is 53.6 Å². The number of alkyl halides is 2. The first-order chi connectivity index (χ1) is 22.3. The Hall–Kier alpha value is -3.98. The van der Waals surface area contributed by atoms with E-state index in [1.54, 1.807) is 48.6 Å². The summed E-state index contributed by atoms with van der Waals surface area (Å²) in [6.45, 7) is 5.57. The first-order valence-electron chi connectivity index (χ1n) is 15.1. The molecule has 0 unspecified atom stereocenters. The number of imide groups is 2. The van der Waals surface area contributed by atoms with Crippen molar-refractivity contribution in [3.8, 4) is 5.75 Å². The van der Waals surface area contributed by atoms with E-state index in [4.69, 9.17) is 34.8 Å². The van der Waals surface area contributed by atoms with E-state index in [9.17, 15) is 28.7 Å². The number of hydrogen-bond acceptors (Lipinski definition) is 5. The number of carbonyl (C=O) groups excluding carboxylic acids is 4. The number of rotatable bonds is 5. The van der Waals surface area contributed by atoms with E-state index < -0.39 is 62.9 Å². The predicted octanol–water partition coefficient (Wildman–Crippen LogP) is 6.99. The Kier molecular flexibility index (Phi) is 7.43. The third-order valence-corrected chi connectivity index (χ3v) is 12.0. The minimum absolute atomic E-state index is 0.0728. The monoisotopic (exact) mass is 692 g/mol. The maximum atomic E-state index is 14.5. The van der Waals surface area contributed by atoms with Crippen molar-refractivity contribution >= 4 is 69.8 Å². The van der Waals surface area contributed by atoms with Gasteiger partial charge in [-0.05, 0) is 79.6 Å². The Balaban J connectivity index is 1.41. The van der Waals surface area contributed by atoms with Crippen LogP contribution in [0.5, 0.6) is 5.75 Å². The van der Waals surface area contributed by atoms with E-state index >= 15 is 0 Å². The van der Waals surface area contributed by atoms with Gasteiger partial charge in [0.2, 0.25) is 11.8 Å². The van der Waals surface area contributed by atoms with Crippen LogP contribution in [0.3, 0.4) is 0 Å². The van der Waals surface area contributed by atoms with Crippen molar-refractivity contribution in [1.82, 2.24) is 0 Å². The number of amides is 4. The highest BCUT2D eigenvalue weighted by Gasteiger charge is 2.77. The van der Waals surface area contributed by atoms with Gasteiger partial charge in [0.1, 0.15) is 11.6 Å². The van der Waals surface area contributed by atoms with Crippen LogP contribution in [0.2, 0.25) is 5.02 Å². The maximum absolute atomic E-state index is 14.5. The number of allylic oxidation sites excluding steroid dienone is 3. The topological polar surface area (TPSA) is 95.0 Å². The molecule has 47 heavy (non-hydrogen) atoms. The number of nitrogens with zero attached hydrogens (tertiary/aromatic N) is 2. The number of anilines is 2. The number of aryl methyl sites for hydroxylation is 1. The third kappa shape index (κ3) is 4.31. The number of benzene rings is 3. The maximum Gasteiger partial charge on any atom is 0.258 e. The molecule has 2 aliphatic carbocycles. The quantitative estimate of drug-likeness (QED) is 0.177. The van der Waals surface area contributed by atoms with Gasteiger partial charge in [-0.15, -0.1) is 29.8 Å². The molecule has 4 aliphatic rings. The van der Waals surface area contributed by atoms with Gasteiger partial charge >= 0.3 is 0 Å². The fraction of sp³-hybridized carbons (Fsp3) is 0.278. The van der Waals surface area contributed by atoms with Crippen LogP contribution in [0.1, 0.15) is 35.4 Å². The number of phenolic OH excluding ortho intramolecular Hbond substituents is 1. The fourth-order valence-electron chi connectivity index (χ4n) is 7.88. The SMILES string of the molecule is C=CCc1cccc([C@H]2C3=CC[C@@H]4C(=O)N(c5ccc(C)c(Cl)c5)C(=O)[C@@H]4[C@@H]3C[C@@]3(Cl)C(=O)N(c4ccc(F)cc4)C(=O)[C@@]23Cl)c1O. The molecular formula is C36H28Cl3FN2O5. The molecule has 3 fully saturated rings. The van der Waals surface area contributed by atoms with Gasteiger partial charge in [0, 0.05) is 16.5 Å².